The maximum absolute atomic E-state index is 7.11. The third-order valence-electron chi connectivity index (χ3n) is 15.4. The minimum atomic E-state index is 0.835. The largest absolute Gasteiger partial charge is 0.455 e. The van der Waals surface area contributed by atoms with Crippen LogP contribution in [-0.2, 0) is 0 Å². The van der Waals surface area contributed by atoms with E-state index in [4.69, 9.17) is 17.7 Å². The van der Waals surface area contributed by atoms with Crippen LogP contribution in [0.3, 0.4) is 0 Å². The molecule has 4 heteroatoms. The molecule has 0 bridgehead atoms. The lowest BCUT2D eigenvalue weighted by atomic mass is 9.86. The molecule has 0 saturated carbocycles. The van der Waals surface area contributed by atoms with Crippen LogP contribution in [0.1, 0.15) is 0 Å². The molecule has 17 rings (SSSR count). The molecule has 13 aromatic carbocycles. The second-order valence-electron chi connectivity index (χ2n) is 19.0. The lowest BCUT2D eigenvalue weighted by Gasteiger charge is -2.22. The van der Waals surface area contributed by atoms with Gasteiger partial charge in [-0.05, 0) is 114 Å². The molecular formula is C66H34O4. The summed E-state index contributed by atoms with van der Waals surface area (Å²) in [6, 6.07) is 73.7. The molecule has 0 amide bonds. The Morgan fingerprint density at radius 1 is 0.200 bits per heavy atom. The molecule has 0 saturated heterocycles. The molecule has 70 heavy (non-hydrogen) atoms. The Morgan fingerprint density at radius 3 is 0.871 bits per heavy atom. The Bertz CT molecular complexity index is 4610. The first kappa shape index (κ1) is 36.7. The standard InChI is InChI=1S/C66H34O4/c1-3-11-43-35(7-1)9-5-13-47(43)49-29-21-41-25-31-51-61-57(41)65(49)69-53-33-23-39-19-27-45(63(67-51)55(39)59(53)61)37-15-17-38(18-16-37)46-28-20-40-24-34-54-60-56(40)64(46)68-52-32-26-42-22-30-50(66(70-54)58(42)62(52)60)48-14-6-10-36-8-2-4-12-44(36)48/h1-34H. The van der Waals surface area contributed by atoms with E-state index in [1.807, 2.05) is 0 Å². The second kappa shape index (κ2) is 13.2. The van der Waals surface area contributed by atoms with Gasteiger partial charge >= 0.3 is 0 Å². The summed E-state index contributed by atoms with van der Waals surface area (Å²) in [5, 5.41) is 13.6. The minimum absolute atomic E-state index is 0.835. The highest BCUT2D eigenvalue weighted by Gasteiger charge is 2.29. The van der Waals surface area contributed by atoms with Crippen molar-refractivity contribution in [1.82, 2.24) is 0 Å². The number of hydrogen-bond acceptors (Lipinski definition) is 4. The summed E-state index contributed by atoms with van der Waals surface area (Å²) >= 11 is 0. The predicted molar refractivity (Wildman–Crippen MR) is 288 cm³/mol. The van der Waals surface area contributed by atoms with Gasteiger partial charge in [0, 0.05) is 66.1 Å². The van der Waals surface area contributed by atoms with Crippen molar-refractivity contribution >= 4 is 109 Å². The van der Waals surface area contributed by atoms with Crippen LogP contribution >= 0.6 is 0 Å². The molecule has 0 aromatic heterocycles. The molecular weight excluding hydrogens is 857 g/mol. The normalized spacial score (nSPS) is 12.6. The van der Waals surface area contributed by atoms with Crippen LogP contribution in [0.15, 0.2) is 224 Å². The molecule has 4 aliphatic rings. The van der Waals surface area contributed by atoms with Crippen molar-refractivity contribution in [2.45, 2.75) is 0 Å². The smallest absolute Gasteiger partial charge is 0.143 e. The summed E-state index contributed by atoms with van der Waals surface area (Å²) in [5.41, 5.74) is 19.7. The van der Waals surface area contributed by atoms with Crippen LogP contribution in [0, 0.1) is 0 Å². The van der Waals surface area contributed by atoms with Gasteiger partial charge in [-0.1, -0.05) is 158 Å². The topological polar surface area (TPSA) is 52.6 Å². The van der Waals surface area contributed by atoms with Gasteiger partial charge < -0.3 is 17.7 Å². The Hall–Kier alpha value is -9.38. The quantitative estimate of drug-likeness (QED) is 0.130. The van der Waals surface area contributed by atoms with Gasteiger partial charge in [0.2, 0.25) is 0 Å². The van der Waals surface area contributed by atoms with E-state index >= 15 is 0 Å². The predicted octanol–water partition coefficient (Wildman–Crippen LogP) is 19.3. The van der Waals surface area contributed by atoms with E-state index in [2.05, 4.69) is 206 Å². The van der Waals surface area contributed by atoms with Crippen molar-refractivity contribution in [2.24, 2.45) is 0 Å². The van der Waals surface area contributed by atoms with E-state index < -0.39 is 0 Å². The van der Waals surface area contributed by atoms with Gasteiger partial charge in [-0.3, -0.25) is 0 Å². The van der Waals surface area contributed by atoms with Gasteiger partial charge in [-0.2, -0.15) is 0 Å². The number of benzene rings is 13. The van der Waals surface area contributed by atoms with Crippen molar-refractivity contribution in [3.8, 4) is 66.8 Å². The molecule has 0 N–H and O–H groups in total. The fourth-order valence-electron chi connectivity index (χ4n) is 12.3. The van der Waals surface area contributed by atoms with Crippen LogP contribution in [0.25, 0.3) is 176 Å². The van der Waals surface area contributed by atoms with E-state index in [1.165, 1.54) is 21.5 Å². The van der Waals surface area contributed by atoms with Crippen molar-refractivity contribution < 1.29 is 17.7 Å². The molecule has 0 unspecified atom stereocenters. The molecule has 4 aliphatic heterocycles. The van der Waals surface area contributed by atoms with Crippen LogP contribution in [-0.4, -0.2) is 0 Å². The molecule has 0 fully saturated rings. The van der Waals surface area contributed by atoms with Gasteiger partial charge in [0.1, 0.15) is 44.7 Å². The summed E-state index contributed by atoms with van der Waals surface area (Å²) in [6.07, 6.45) is 0. The Morgan fingerprint density at radius 2 is 0.500 bits per heavy atom. The van der Waals surface area contributed by atoms with Gasteiger partial charge in [-0.15, -0.1) is 0 Å². The highest BCUT2D eigenvalue weighted by atomic mass is 16.3. The van der Waals surface area contributed by atoms with Crippen LogP contribution in [0.5, 0.6) is 0 Å². The molecule has 13 aromatic rings. The highest BCUT2D eigenvalue weighted by Crippen LogP contribution is 2.54. The van der Waals surface area contributed by atoms with Crippen molar-refractivity contribution in [3.05, 3.63) is 206 Å². The maximum atomic E-state index is 7.11. The van der Waals surface area contributed by atoms with Gasteiger partial charge in [0.25, 0.3) is 0 Å². The zero-order chi connectivity index (χ0) is 45.3. The summed E-state index contributed by atoms with van der Waals surface area (Å²) in [7, 11) is 0. The first-order valence-electron chi connectivity index (χ1n) is 23.9. The second-order valence-corrected chi connectivity index (χ2v) is 19.0. The summed E-state index contributed by atoms with van der Waals surface area (Å²) < 4.78 is 28.3. The minimum Gasteiger partial charge on any atom is -0.455 e. The maximum Gasteiger partial charge on any atom is 0.143 e. The molecule has 0 radical (unpaired) electrons. The van der Waals surface area contributed by atoms with E-state index in [0.29, 0.717) is 0 Å². The third kappa shape index (κ3) is 4.74. The Balaban J connectivity index is 0.830. The fourth-order valence-corrected chi connectivity index (χ4v) is 12.3. The number of hydrogen-bond donors (Lipinski definition) is 0. The van der Waals surface area contributed by atoms with Crippen LogP contribution in [0.4, 0.5) is 0 Å². The Labute approximate surface area is 398 Å². The van der Waals surface area contributed by atoms with Gasteiger partial charge in [-0.25, -0.2) is 0 Å². The van der Waals surface area contributed by atoms with Gasteiger partial charge in [0.05, 0.1) is 0 Å². The summed E-state index contributed by atoms with van der Waals surface area (Å²) in [4.78, 5) is 0. The van der Waals surface area contributed by atoms with Crippen LogP contribution in [0.2, 0.25) is 0 Å². The summed E-state index contributed by atoms with van der Waals surface area (Å²) in [6.45, 7) is 0. The number of fused-ring (bicyclic) bond motifs is 2. The average Bonchev–Trinajstić information content (AvgIpc) is 3.42. The summed E-state index contributed by atoms with van der Waals surface area (Å²) in [5.74, 6) is 0. The molecule has 0 aliphatic carbocycles. The van der Waals surface area contributed by atoms with Crippen molar-refractivity contribution in [3.63, 3.8) is 0 Å². The zero-order valence-corrected chi connectivity index (χ0v) is 37.3. The monoisotopic (exact) mass is 890 g/mol. The molecule has 0 atom stereocenters. The van der Waals surface area contributed by atoms with E-state index in [-0.39, 0.29) is 0 Å². The first-order chi connectivity index (χ1) is 34.7. The highest BCUT2D eigenvalue weighted by molar-refractivity contribution is 6.28. The zero-order valence-electron chi connectivity index (χ0n) is 37.3. The van der Waals surface area contributed by atoms with Gasteiger partial charge in [0.15, 0.2) is 0 Å². The lowest BCUT2D eigenvalue weighted by Crippen LogP contribution is -1.97. The van der Waals surface area contributed by atoms with Crippen LogP contribution < -0.4 is 0 Å². The van der Waals surface area contributed by atoms with Crippen molar-refractivity contribution in [2.75, 3.05) is 0 Å². The number of rotatable bonds is 4. The third-order valence-corrected chi connectivity index (χ3v) is 15.4. The first-order valence-corrected chi connectivity index (χ1v) is 23.9. The molecule has 322 valence electrons. The Kier molecular flexibility index (Phi) is 6.92. The van der Waals surface area contributed by atoms with E-state index in [0.717, 1.165) is 155 Å². The van der Waals surface area contributed by atoms with E-state index in [9.17, 15) is 0 Å². The molecule has 4 nitrogen and oxygen atoms in total. The molecule has 0 spiro atoms. The molecule has 4 heterocycles. The lowest BCUT2D eigenvalue weighted by molar-refractivity contribution is 0.647. The van der Waals surface area contributed by atoms with Crippen molar-refractivity contribution in [1.29, 1.82) is 0 Å². The fraction of sp³-hybridized carbons (Fsp3) is 0. The SMILES string of the molecule is c1ccc2c(-c3ccc4ccc5oc6c(-c7ccc(-c8ccc9ccc%10oc%11c(-c%12cccc%13ccccc%12%13)ccc%12ccc%13oc8c9c%10-c%13c%12%11)cc7)ccc7ccc8oc3c4c5-c8c76)cccc2c1. The van der Waals surface area contributed by atoms with E-state index in [1.54, 1.807) is 0 Å². The average molecular weight is 891 g/mol.